The fraction of sp³-hybridized carbons (Fsp3) is 0.167. The molecule has 0 aliphatic carbocycles. The lowest BCUT2D eigenvalue weighted by molar-refractivity contribution is -0.138. The Bertz CT molecular complexity index is 898. The molecule has 0 bridgehead atoms. The average molecular weight is 332 g/mol. The number of H-pyrrole nitrogens is 1. The van der Waals surface area contributed by atoms with Gasteiger partial charge < -0.3 is 5.11 Å². The molecule has 0 unspecified atom stereocenters. The second kappa shape index (κ2) is 5.70. The van der Waals surface area contributed by atoms with Crippen LogP contribution >= 0.6 is 0 Å². The first-order valence-electron chi connectivity index (χ1n) is 7.29. The smallest absolute Gasteiger partial charge is 0.416 e. The van der Waals surface area contributed by atoms with Crippen LogP contribution in [0, 0.1) is 13.8 Å². The minimum absolute atomic E-state index is 0.111. The lowest BCUT2D eigenvalue weighted by Crippen LogP contribution is -2.07. The lowest BCUT2D eigenvalue weighted by Gasteiger charge is -2.10. The van der Waals surface area contributed by atoms with Gasteiger partial charge in [0.2, 0.25) is 0 Å². The highest BCUT2D eigenvalue weighted by atomic mass is 19.4. The van der Waals surface area contributed by atoms with E-state index in [0.29, 0.717) is 22.5 Å². The highest BCUT2D eigenvalue weighted by Gasteiger charge is 2.32. The normalized spacial score (nSPS) is 11.7. The molecule has 1 heterocycles. The summed E-state index contributed by atoms with van der Waals surface area (Å²) < 4.78 is 38.5. The number of benzene rings is 2. The van der Waals surface area contributed by atoms with E-state index in [4.69, 9.17) is 0 Å². The molecule has 6 heteroatoms. The molecule has 0 aliphatic rings. The van der Waals surface area contributed by atoms with Crippen LogP contribution in [0.1, 0.15) is 16.7 Å². The van der Waals surface area contributed by atoms with Crippen LogP contribution in [-0.2, 0) is 6.18 Å². The number of hydrogen-bond donors (Lipinski definition) is 2. The Morgan fingerprint density at radius 2 is 1.75 bits per heavy atom. The summed E-state index contributed by atoms with van der Waals surface area (Å²) in [5.41, 5.74) is 2.75. The van der Waals surface area contributed by atoms with Crippen molar-refractivity contribution < 1.29 is 18.3 Å². The first-order chi connectivity index (χ1) is 11.3. The number of nitrogens with one attached hydrogen (secondary N) is 1. The number of aryl methyl sites for hydroxylation is 2. The van der Waals surface area contributed by atoms with Gasteiger partial charge in [0.25, 0.3) is 0 Å². The van der Waals surface area contributed by atoms with Gasteiger partial charge in [-0.15, -0.1) is 0 Å². The van der Waals surface area contributed by atoms with E-state index in [-0.39, 0.29) is 11.3 Å². The van der Waals surface area contributed by atoms with Crippen molar-refractivity contribution in [1.29, 1.82) is 0 Å². The molecule has 1 aromatic heterocycles. The van der Waals surface area contributed by atoms with Gasteiger partial charge in [-0.2, -0.15) is 18.3 Å². The summed E-state index contributed by atoms with van der Waals surface area (Å²) in [5.74, 6) is 0.111. The van der Waals surface area contributed by atoms with E-state index in [2.05, 4.69) is 10.2 Å². The fourth-order valence-electron chi connectivity index (χ4n) is 2.61. The van der Waals surface area contributed by atoms with E-state index in [1.54, 1.807) is 18.2 Å². The molecule has 124 valence electrons. The number of phenols is 1. The van der Waals surface area contributed by atoms with Crippen LogP contribution in [0.4, 0.5) is 13.2 Å². The first-order valence-corrected chi connectivity index (χ1v) is 7.29. The van der Waals surface area contributed by atoms with Gasteiger partial charge in [-0.05, 0) is 49.7 Å². The average Bonchev–Trinajstić information content (AvgIpc) is 2.98. The molecule has 3 rings (SSSR count). The monoisotopic (exact) mass is 332 g/mol. The van der Waals surface area contributed by atoms with Crippen molar-refractivity contribution >= 4 is 0 Å². The number of nitrogens with zero attached hydrogens (tertiary/aromatic N) is 1. The maximum atomic E-state index is 12.8. The number of aromatic amines is 1. The van der Waals surface area contributed by atoms with Gasteiger partial charge in [-0.3, -0.25) is 5.10 Å². The van der Waals surface area contributed by atoms with Gasteiger partial charge >= 0.3 is 6.18 Å². The number of aromatic hydroxyl groups is 1. The Balaban J connectivity index is 1.99. The predicted octanol–water partition coefficient (Wildman–Crippen LogP) is 5.08. The van der Waals surface area contributed by atoms with Crippen molar-refractivity contribution in [2.75, 3.05) is 0 Å². The standard InChI is InChI=1S/C18H15F3N2O/c1-10-3-6-17(24)13(7-10)16-9-15(22-23-16)12-4-5-14(11(2)8-12)18(19,20)21/h3-9,24H,1-2H3,(H,22,23). The molecule has 2 aromatic carbocycles. The molecule has 0 amide bonds. The van der Waals surface area contributed by atoms with Crippen LogP contribution in [0.25, 0.3) is 22.5 Å². The van der Waals surface area contributed by atoms with Crippen LogP contribution < -0.4 is 0 Å². The highest BCUT2D eigenvalue weighted by Crippen LogP contribution is 2.35. The number of halogens is 3. The van der Waals surface area contributed by atoms with Gasteiger partial charge in [-0.25, -0.2) is 0 Å². The van der Waals surface area contributed by atoms with Crippen LogP contribution in [0.15, 0.2) is 42.5 Å². The molecule has 2 N–H and O–H groups in total. The summed E-state index contributed by atoms with van der Waals surface area (Å²) in [4.78, 5) is 0. The Kier molecular flexibility index (Phi) is 3.83. The van der Waals surface area contributed by atoms with Crippen molar-refractivity contribution in [3.63, 3.8) is 0 Å². The minimum Gasteiger partial charge on any atom is -0.507 e. The van der Waals surface area contributed by atoms with Crippen molar-refractivity contribution in [2.24, 2.45) is 0 Å². The summed E-state index contributed by atoms with van der Waals surface area (Å²) in [7, 11) is 0. The molecule has 0 saturated heterocycles. The minimum atomic E-state index is -4.37. The van der Waals surface area contributed by atoms with Crippen LogP contribution in [0.3, 0.4) is 0 Å². The van der Waals surface area contributed by atoms with E-state index < -0.39 is 11.7 Å². The third-order valence-electron chi connectivity index (χ3n) is 3.85. The summed E-state index contributed by atoms with van der Waals surface area (Å²) in [6, 6.07) is 10.8. The van der Waals surface area contributed by atoms with E-state index in [1.807, 2.05) is 13.0 Å². The number of phenolic OH excluding ortho intramolecular Hbond substituents is 1. The maximum Gasteiger partial charge on any atom is 0.416 e. The summed E-state index contributed by atoms with van der Waals surface area (Å²) >= 11 is 0. The van der Waals surface area contributed by atoms with Crippen LogP contribution in [0.5, 0.6) is 5.75 Å². The van der Waals surface area contributed by atoms with E-state index in [9.17, 15) is 18.3 Å². The van der Waals surface area contributed by atoms with Gasteiger partial charge in [0, 0.05) is 11.1 Å². The molecular weight excluding hydrogens is 317 g/mol. The van der Waals surface area contributed by atoms with E-state index in [0.717, 1.165) is 11.6 Å². The maximum absolute atomic E-state index is 12.8. The molecule has 3 nitrogen and oxygen atoms in total. The second-order valence-corrected chi connectivity index (χ2v) is 5.71. The van der Waals surface area contributed by atoms with Crippen LogP contribution in [0.2, 0.25) is 0 Å². The SMILES string of the molecule is Cc1ccc(O)c(-c2cc(-c3ccc(C(F)(F)F)c(C)c3)n[nH]2)c1. The van der Waals surface area contributed by atoms with Crippen molar-refractivity contribution in [1.82, 2.24) is 10.2 Å². The largest absolute Gasteiger partial charge is 0.507 e. The van der Waals surface area contributed by atoms with Gasteiger partial charge in [0.05, 0.1) is 17.0 Å². The summed E-state index contributed by atoms with van der Waals surface area (Å²) in [6.45, 7) is 3.33. The third-order valence-corrected chi connectivity index (χ3v) is 3.85. The van der Waals surface area contributed by atoms with E-state index >= 15 is 0 Å². The quantitative estimate of drug-likeness (QED) is 0.687. The summed E-state index contributed by atoms with van der Waals surface area (Å²) in [6.07, 6.45) is -4.37. The number of hydrogen-bond acceptors (Lipinski definition) is 2. The third kappa shape index (κ3) is 2.99. The Morgan fingerprint density at radius 3 is 2.42 bits per heavy atom. The predicted molar refractivity (Wildman–Crippen MR) is 85.6 cm³/mol. The molecule has 0 spiro atoms. The molecule has 0 fully saturated rings. The van der Waals surface area contributed by atoms with E-state index in [1.165, 1.54) is 19.1 Å². The van der Waals surface area contributed by atoms with Gasteiger partial charge in [0.15, 0.2) is 0 Å². The molecular formula is C18H15F3N2O. The molecule has 0 aliphatic heterocycles. The van der Waals surface area contributed by atoms with Gasteiger partial charge in [-0.1, -0.05) is 17.7 Å². The van der Waals surface area contributed by atoms with Crippen molar-refractivity contribution in [3.05, 3.63) is 59.2 Å². The van der Waals surface area contributed by atoms with Crippen LogP contribution in [-0.4, -0.2) is 15.3 Å². The van der Waals surface area contributed by atoms with Crippen molar-refractivity contribution in [3.8, 4) is 28.3 Å². The summed E-state index contributed by atoms with van der Waals surface area (Å²) in [5, 5.41) is 16.9. The first kappa shape index (κ1) is 16.1. The fourth-order valence-corrected chi connectivity index (χ4v) is 2.61. The molecule has 24 heavy (non-hydrogen) atoms. The Labute approximate surface area is 136 Å². The Hall–Kier alpha value is -2.76. The Morgan fingerprint density at radius 1 is 1.00 bits per heavy atom. The number of aromatic nitrogens is 2. The molecule has 3 aromatic rings. The highest BCUT2D eigenvalue weighted by molar-refractivity contribution is 5.72. The topological polar surface area (TPSA) is 48.9 Å². The number of rotatable bonds is 2. The molecule has 0 atom stereocenters. The van der Waals surface area contributed by atoms with Gasteiger partial charge in [0.1, 0.15) is 5.75 Å². The zero-order chi connectivity index (χ0) is 17.5. The second-order valence-electron chi connectivity index (χ2n) is 5.71. The zero-order valence-corrected chi connectivity index (χ0v) is 13.1. The zero-order valence-electron chi connectivity index (χ0n) is 13.1. The lowest BCUT2D eigenvalue weighted by atomic mass is 10.0. The number of alkyl halides is 3. The molecule has 0 saturated carbocycles. The molecule has 0 radical (unpaired) electrons. The van der Waals surface area contributed by atoms with Crippen molar-refractivity contribution in [2.45, 2.75) is 20.0 Å².